The van der Waals surface area contributed by atoms with Gasteiger partial charge >= 0.3 is 6.18 Å². The molecular weight excluding hydrogens is 219 g/mol. The Morgan fingerprint density at radius 2 is 1.80 bits per heavy atom. The highest BCUT2D eigenvalue weighted by Gasteiger charge is 2.41. The molecule has 84 valence electrons. The first kappa shape index (κ1) is 11.9. The summed E-state index contributed by atoms with van der Waals surface area (Å²) in [6.07, 6.45) is -4.79. The molecule has 2 nitrogen and oxygen atoms in total. The van der Waals surface area contributed by atoms with Crippen LogP contribution in [0.3, 0.4) is 0 Å². The third-order valence-corrected chi connectivity index (χ3v) is 1.76. The van der Waals surface area contributed by atoms with E-state index in [4.69, 9.17) is 0 Å². The van der Waals surface area contributed by atoms with Crippen LogP contribution in [0.15, 0.2) is 18.2 Å². The van der Waals surface area contributed by atoms with Crippen LogP contribution in [0.4, 0.5) is 22.0 Å². The Balaban J connectivity index is 3.18. The predicted molar refractivity (Wildman–Crippen MR) is 42.5 cm³/mol. The lowest BCUT2D eigenvalue weighted by atomic mass is 10.1. The Kier molecular flexibility index (Phi) is 3.25. The molecule has 0 spiro atoms. The maximum Gasteiger partial charge on any atom is 0.409 e. The minimum absolute atomic E-state index is 0.452. The summed E-state index contributed by atoms with van der Waals surface area (Å²) in [6, 6.07) is -0.634. The molecule has 1 rings (SSSR count). The molecule has 15 heavy (non-hydrogen) atoms. The van der Waals surface area contributed by atoms with Crippen LogP contribution in [-0.2, 0) is 0 Å². The largest absolute Gasteiger partial charge is 0.409 e. The third kappa shape index (κ3) is 2.63. The number of alkyl halides is 3. The summed E-state index contributed by atoms with van der Waals surface area (Å²) in [5.41, 5.74) is 0.524. The number of halogens is 5. The fourth-order valence-corrected chi connectivity index (χ4v) is 1.10. The zero-order valence-electron chi connectivity index (χ0n) is 7.28. The van der Waals surface area contributed by atoms with Crippen molar-refractivity contribution in [2.75, 3.05) is 0 Å². The fraction of sp³-hybridized carbons (Fsp3) is 0.250. The predicted octanol–water partition coefficient (Wildman–Crippen LogP) is 2.03. The van der Waals surface area contributed by atoms with Gasteiger partial charge in [-0.1, -0.05) is 0 Å². The molecule has 7 heteroatoms. The van der Waals surface area contributed by atoms with Crippen molar-refractivity contribution in [3.05, 3.63) is 35.4 Å². The number of rotatable bonds is 2. The van der Waals surface area contributed by atoms with E-state index in [0.717, 1.165) is 6.07 Å². The topological polar surface area (TPSA) is 38.0 Å². The average Bonchev–Trinajstić information content (AvgIpc) is 2.10. The van der Waals surface area contributed by atoms with Gasteiger partial charge in [0.15, 0.2) is 0 Å². The van der Waals surface area contributed by atoms with Gasteiger partial charge in [-0.3, -0.25) is 5.84 Å². The van der Waals surface area contributed by atoms with Gasteiger partial charge in [-0.05, 0) is 18.2 Å². The van der Waals surface area contributed by atoms with Crippen molar-refractivity contribution in [1.29, 1.82) is 0 Å². The molecule has 0 saturated heterocycles. The van der Waals surface area contributed by atoms with Crippen LogP contribution >= 0.6 is 0 Å². The number of benzene rings is 1. The first-order valence-corrected chi connectivity index (χ1v) is 3.84. The summed E-state index contributed by atoms with van der Waals surface area (Å²) in [6.45, 7) is 0. The summed E-state index contributed by atoms with van der Waals surface area (Å²) < 4.78 is 62.5. The molecule has 1 aromatic carbocycles. The van der Waals surface area contributed by atoms with Gasteiger partial charge < -0.3 is 0 Å². The highest BCUT2D eigenvalue weighted by molar-refractivity contribution is 5.23. The second-order valence-corrected chi connectivity index (χ2v) is 2.81. The summed E-state index contributed by atoms with van der Waals surface area (Å²) in [4.78, 5) is 0. The van der Waals surface area contributed by atoms with Crippen LogP contribution in [0, 0.1) is 11.6 Å². The number of nitrogens with one attached hydrogen (secondary N) is 1. The maximum atomic E-state index is 13.0. The Labute approximate surface area is 81.8 Å². The van der Waals surface area contributed by atoms with Crippen LogP contribution < -0.4 is 11.3 Å². The Morgan fingerprint density at radius 3 is 2.27 bits per heavy atom. The van der Waals surface area contributed by atoms with E-state index in [-0.39, 0.29) is 0 Å². The molecule has 0 aliphatic rings. The first-order chi connectivity index (χ1) is 6.86. The minimum Gasteiger partial charge on any atom is -0.271 e. The van der Waals surface area contributed by atoms with E-state index >= 15 is 0 Å². The van der Waals surface area contributed by atoms with Crippen molar-refractivity contribution >= 4 is 0 Å². The summed E-state index contributed by atoms with van der Waals surface area (Å²) >= 11 is 0. The van der Waals surface area contributed by atoms with Crippen LogP contribution in [0.2, 0.25) is 0 Å². The van der Waals surface area contributed by atoms with Gasteiger partial charge in [0.1, 0.15) is 17.7 Å². The molecule has 0 radical (unpaired) electrons. The summed E-state index contributed by atoms with van der Waals surface area (Å²) in [7, 11) is 0. The van der Waals surface area contributed by atoms with Crippen molar-refractivity contribution in [3.8, 4) is 0 Å². The third-order valence-electron chi connectivity index (χ3n) is 1.76. The quantitative estimate of drug-likeness (QED) is 0.460. The number of hydrazine groups is 1. The highest BCUT2D eigenvalue weighted by Crippen LogP contribution is 2.33. The summed E-state index contributed by atoms with van der Waals surface area (Å²) in [5, 5.41) is 0. The molecule has 0 heterocycles. The molecule has 1 aromatic rings. The van der Waals surface area contributed by atoms with E-state index in [1.807, 2.05) is 0 Å². The van der Waals surface area contributed by atoms with Crippen LogP contribution in [0.25, 0.3) is 0 Å². The molecule has 0 aromatic heterocycles. The molecule has 3 N–H and O–H groups in total. The van der Waals surface area contributed by atoms with Crippen LogP contribution in [0.5, 0.6) is 0 Å². The Morgan fingerprint density at radius 1 is 1.20 bits per heavy atom. The zero-order valence-corrected chi connectivity index (χ0v) is 7.28. The van der Waals surface area contributed by atoms with Crippen molar-refractivity contribution < 1.29 is 22.0 Å². The van der Waals surface area contributed by atoms with E-state index < -0.39 is 29.4 Å². The van der Waals surface area contributed by atoms with Gasteiger partial charge in [0.05, 0.1) is 0 Å². The number of hydrogen-bond acceptors (Lipinski definition) is 2. The van der Waals surface area contributed by atoms with Crippen LogP contribution in [-0.4, -0.2) is 6.18 Å². The molecular formula is C8H7F5N2. The standard InChI is InChI=1S/C8H7F5N2/c9-4-1-2-6(10)5(3-4)7(15-14)8(11,12)13/h1-3,7,15H,14H2. The molecule has 1 unspecified atom stereocenters. The molecule has 0 bridgehead atoms. The van der Waals surface area contributed by atoms with E-state index in [1.54, 1.807) is 0 Å². The SMILES string of the molecule is NNC(c1cc(F)ccc1F)C(F)(F)F. The van der Waals surface area contributed by atoms with Gasteiger partial charge in [-0.15, -0.1) is 0 Å². The molecule has 0 fully saturated rings. The van der Waals surface area contributed by atoms with Gasteiger partial charge in [0, 0.05) is 5.56 Å². The van der Waals surface area contributed by atoms with E-state index in [1.165, 1.54) is 5.43 Å². The average molecular weight is 226 g/mol. The van der Waals surface area contributed by atoms with Crippen LogP contribution in [0.1, 0.15) is 11.6 Å². The smallest absolute Gasteiger partial charge is 0.271 e. The van der Waals surface area contributed by atoms with E-state index in [0.29, 0.717) is 12.1 Å². The number of hydrogen-bond donors (Lipinski definition) is 2. The van der Waals surface area contributed by atoms with E-state index in [9.17, 15) is 22.0 Å². The zero-order chi connectivity index (χ0) is 11.6. The van der Waals surface area contributed by atoms with Crippen molar-refractivity contribution in [2.24, 2.45) is 5.84 Å². The Hall–Kier alpha value is -1.21. The molecule has 0 saturated carbocycles. The first-order valence-electron chi connectivity index (χ1n) is 3.84. The van der Waals surface area contributed by atoms with Crippen molar-refractivity contribution in [2.45, 2.75) is 12.2 Å². The molecule has 0 aliphatic carbocycles. The monoisotopic (exact) mass is 226 g/mol. The fourth-order valence-electron chi connectivity index (χ4n) is 1.10. The lowest BCUT2D eigenvalue weighted by Crippen LogP contribution is -2.39. The lowest BCUT2D eigenvalue weighted by molar-refractivity contribution is -0.158. The maximum absolute atomic E-state index is 13.0. The molecule has 0 aliphatic heterocycles. The van der Waals surface area contributed by atoms with E-state index in [2.05, 4.69) is 5.84 Å². The van der Waals surface area contributed by atoms with Gasteiger partial charge in [-0.2, -0.15) is 13.2 Å². The van der Waals surface area contributed by atoms with Gasteiger partial charge in [0.25, 0.3) is 0 Å². The van der Waals surface area contributed by atoms with Crippen molar-refractivity contribution in [1.82, 2.24) is 5.43 Å². The van der Waals surface area contributed by atoms with Crippen molar-refractivity contribution in [3.63, 3.8) is 0 Å². The molecule has 0 amide bonds. The molecule has 1 atom stereocenters. The van der Waals surface area contributed by atoms with Gasteiger partial charge in [0.2, 0.25) is 0 Å². The minimum atomic E-state index is -4.79. The second-order valence-electron chi connectivity index (χ2n) is 2.81. The lowest BCUT2D eigenvalue weighted by Gasteiger charge is -2.19. The number of nitrogens with two attached hydrogens (primary N) is 1. The highest BCUT2D eigenvalue weighted by atomic mass is 19.4. The summed E-state index contributed by atoms with van der Waals surface area (Å²) in [5.74, 6) is 2.52. The Bertz CT molecular complexity index is 349. The normalized spacial score (nSPS) is 14.0. The van der Waals surface area contributed by atoms with Gasteiger partial charge in [-0.25, -0.2) is 14.2 Å². The second kappa shape index (κ2) is 4.11.